The fourth-order valence-corrected chi connectivity index (χ4v) is 1.62. The number of benzene rings is 1. The van der Waals surface area contributed by atoms with Crippen molar-refractivity contribution in [1.82, 2.24) is 5.27 Å². The molecule has 1 aromatic carbocycles. The maximum atomic E-state index is 12.0. The summed E-state index contributed by atoms with van der Waals surface area (Å²) in [6.45, 7) is 2.33. The third-order valence-corrected chi connectivity index (χ3v) is 2.45. The van der Waals surface area contributed by atoms with Crippen LogP contribution in [0.2, 0.25) is 0 Å². The number of aromatic nitrogens is 2. The lowest BCUT2D eigenvalue weighted by Gasteiger charge is -2.09. The number of hydrogen-bond donors (Lipinski definition) is 2. The molecule has 19 heavy (non-hydrogen) atoms. The molecule has 0 fully saturated rings. The van der Waals surface area contributed by atoms with Crippen molar-refractivity contribution in [3.8, 4) is 5.75 Å². The summed E-state index contributed by atoms with van der Waals surface area (Å²) in [5, 5.41) is 4.90. The summed E-state index contributed by atoms with van der Waals surface area (Å²) in [5.41, 5.74) is -0.352. The van der Waals surface area contributed by atoms with Crippen molar-refractivity contribution >= 4 is 11.6 Å². The number of anilines is 1. The van der Waals surface area contributed by atoms with Crippen LogP contribution in [0.25, 0.3) is 0 Å². The van der Waals surface area contributed by atoms with E-state index in [0.29, 0.717) is 18.0 Å². The van der Waals surface area contributed by atoms with Gasteiger partial charge in [-0.05, 0) is 24.3 Å². The number of carbonyl (C=O) groups is 1. The number of rotatable bonds is 4. The highest BCUT2D eigenvalue weighted by Gasteiger charge is 2.27. The monoisotopic (exact) mass is 264 g/mol. The first-order valence-electron chi connectivity index (χ1n) is 5.74. The fraction of sp³-hybridized carbons (Fsp3) is 0.250. The molecule has 2 rings (SSSR count). The zero-order chi connectivity index (χ0) is 13.8. The molecule has 2 aromatic rings. The van der Waals surface area contributed by atoms with Gasteiger partial charge in [-0.15, -0.1) is 0 Å². The summed E-state index contributed by atoms with van der Waals surface area (Å²) >= 11 is 0. The van der Waals surface area contributed by atoms with Crippen molar-refractivity contribution in [2.24, 2.45) is 7.05 Å². The predicted octanol–water partition coefficient (Wildman–Crippen LogP) is 0.443. The Morgan fingerprint density at radius 1 is 1.47 bits per heavy atom. The Hall–Kier alpha value is -2.57. The molecule has 1 aromatic heterocycles. The van der Waals surface area contributed by atoms with Gasteiger partial charge >= 0.3 is 17.2 Å². The van der Waals surface area contributed by atoms with Crippen LogP contribution < -0.4 is 20.4 Å². The van der Waals surface area contributed by atoms with Crippen molar-refractivity contribution in [1.29, 1.82) is 0 Å². The molecule has 0 radical (unpaired) electrons. The Kier molecular flexibility index (Phi) is 3.65. The second-order valence-electron chi connectivity index (χ2n) is 3.77. The number of aryl methyl sites for hydroxylation is 1. The van der Waals surface area contributed by atoms with E-state index in [1.165, 1.54) is 11.7 Å². The normalized spacial score (nSPS) is 10.2. The number of nitrogens with one attached hydrogen (secondary N) is 2. The number of carbonyl (C=O) groups excluding carboxylic acids is 1. The van der Waals surface area contributed by atoms with Crippen LogP contribution in [-0.2, 0) is 7.05 Å². The first-order valence-corrected chi connectivity index (χ1v) is 5.74. The summed E-state index contributed by atoms with van der Waals surface area (Å²) in [7, 11) is 1.51. The van der Waals surface area contributed by atoms with E-state index in [9.17, 15) is 9.59 Å². The zero-order valence-electron chi connectivity index (χ0n) is 10.6. The smallest absolute Gasteiger partial charge is 0.440 e. The molecule has 2 N–H and O–H groups in total. The summed E-state index contributed by atoms with van der Waals surface area (Å²) in [4.78, 5) is 23.4. The molecular weight excluding hydrogens is 250 g/mol. The van der Waals surface area contributed by atoms with Gasteiger partial charge in [0.15, 0.2) is 7.05 Å². The maximum absolute atomic E-state index is 12.0. The molecule has 0 unspecified atom stereocenters. The van der Waals surface area contributed by atoms with Crippen LogP contribution in [0.5, 0.6) is 5.75 Å². The van der Waals surface area contributed by atoms with E-state index in [0.717, 1.165) is 0 Å². The molecule has 1 heterocycles. The summed E-state index contributed by atoms with van der Waals surface area (Å²) in [6.07, 6.45) is 0. The lowest BCUT2D eigenvalue weighted by Crippen LogP contribution is -2.41. The highest BCUT2D eigenvalue weighted by molar-refractivity contribution is 6.02. The molecule has 0 bridgehead atoms. The number of ether oxygens (including phenoxy) is 1. The van der Waals surface area contributed by atoms with Gasteiger partial charge in [-0.1, -0.05) is 16.8 Å². The molecule has 1 amide bonds. The number of hydrogen-bond acceptors (Lipinski definition) is 4. The minimum Gasteiger partial charge on any atom is -0.492 e. The van der Waals surface area contributed by atoms with Crippen LogP contribution in [0.4, 0.5) is 5.69 Å². The molecular formula is C12H14N3O4+. The third-order valence-electron chi connectivity index (χ3n) is 2.45. The van der Waals surface area contributed by atoms with Gasteiger partial charge < -0.3 is 10.1 Å². The summed E-state index contributed by atoms with van der Waals surface area (Å²) < 4.78 is 11.1. The van der Waals surface area contributed by atoms with Crippen LogP contribution in [-0.4, -0.2) is 17.8 Å². The third kappa shape index (κ3) is 2.65. The van der Waals surface area contributed by atoms with Crippen LogP contribution in [0.1, 0.15) is 17.4 Å². The van der Waals surface area contributed by atoms with Gasteiger partial charge in [-0.25, -0.2) is 4.79 Å². The minimum absolute atomic E-state index is 0.119. The van der Waals surface area contributed by atoms with Gasteiger partial charge in [0.25, 0.3) is 0 Å². The highest BCUT2D eigenvalue weighted by Crippen LogP contribution is 2.23. The van der Waals surface area contributed by atoms with Crippen LogP contribution in [0.3, 0.4) is 0 Å². The molecule has 0 saturated heterocycles. The number of H-pyrrole nitrogens is 1. The minimum atomic E-state index is -0.728. The van der Waals surface area contributed by atoms with E-state index in [1.807, 2.05) is 6.92 Å². The average Bonchev–Trinajstić information content (AvgIpc) is 2.72. The van der Waals surface area contributed by atoms with Gasteiger partial charge in [-0.3, -0.25) is 9.32 Å². The van der Waals surface area contributed by atoms with Crippen LogP contribution in [0, 0.1) is 0 Å². The molecule has 0 aliphatic heterocycles. The molecule has 0 aliphatic rings. The van der Waals surface area contributed by atoms with Crippen molar-refractivity contribution in [3.05, 3.63) is 40.4 Å². The molecule has 0 atom stereocenters. The SMILES string of the molecule is CCOc1ccccc1NC(=O)c1c(=O)o[nH][n+]1C. The van der Waals surface area contributed by atoms with Crippen molar-refractivity contribution < 1.29 is 18.7 Å². The van der Waals surface area contributed by atoms with Crippen molar-refractivity contribution in [3.63, 3.8) is 0 Å². The lowest BCUT2D eigenvalue weighted by atomic mass is 10.3. The summed E-state index contributed by atoms with van der Waals surface area (Å²) in [5.74, 6) is -0.0226. The molecule has 0 saturated carbocycles. The first kappa shape index (κ1) is 12.9. The number of nitrogens with zero attached hydrogens (tertiary/aromatic N) is 1. The Bertz CT molecular complexity index is 644. The quantitative estimate of drug-likeness (QED) is 0.784. The molecule has 7 heteroatoms. The fourth-order valence-electron chi connectivity index (χ4n) is 1.62. The maximum Gasteiger partial charge on any atom is 0.440 e. The Morgan fingerprint density at radius 3 is 2.84 bits per heavy atom. The van der Waals surface area contributed by atoms with Gasteiger partial charge in [0.05, 0.1) is 12.3 Å². The van der Waals surface area contributed by atoms with Crippen molar-refractivity contribution in [2.75, 3.05) is 11.9 Å². The van der Waals surface area contributed by atoms with E-state index in [1.54, 1.807) is 24.3 Å². The highest BCUT2D eigenvalue weighted by atomic mass is 16.5. The second kappa shape index (κ2) is 5.38. The molecule has 100 valence electrons. The number of aromatic amines is 1. The lowest BCUT2D eigenvalue weighted by molar-refractivity contribution is -0.741. The van der Waals surface area contributed by atoms with Gasteiger partial charge in [0.1, 0.15) is 5.75 Å². The standard InChI is InChI=1S/C12H13N3O4/c1-3-18-9-7-5-4-6-8(9)13-11(16)10-12(17)19-14-15(10)2/h4-7H,3H2,1-2H3,(H-,13,14,16,17)/p+1. The van der Waals surface area contributed by atoms with Gasteiger partial charge in [0, 0.05) is 0 Å². The van der Waals surface area contributed by atoms with E-state index in [2.05, 4.69) is 15.1 Å². The Balaban J connectivity index is 2.27. The second-order valence-corrected chi connectivity index (χ2v) is 3.77. The van der Waals surface area contributed by atoms with Crippen LogP contribution in [0.15, 0.2) is 33.6 Å². The Morgan fingerprint density at radius 2 is 2.21 bits per heavy atom. The number of amides is 1. The van der Waals surface area contributed by atoms with E-state index < -0.39 is 11.5 Å². The largest absolute Gasteiger partial charge is 0.492 e. The first-order chi connectivity index (χ1) is 9.13. The van der Waals surface area contributed by atoms with Gasteiger partial charge in [-0.2, -0.15) is 0 Å². The zero-order valence-corrected chi connectivity index (χ0v) is 10.6. The van der Waals surface area contributed by atoms with Crippen LogP contribution >= 0.6 is 0 Å². The van der Waals surface area contributed by atoms with E-state index in [-0.39, 0.29) is 5.69 Å². The Labute approximate surface area is 108 Å². The summed E-state index contributed by atoms with van der Waals surface area (Å²) in [6, 6.07) is 6.99. The topological polar surface area (TPSA) is 88.2 Å². The van der Waals surface area contributed by atoms with Crippen molar-refractivity contribution in [2.45, 2.75) is 6.92 Å². The molecule has 7 nitrogen and oxygen atoms in total. The predicted molar refractivity (Wildman–Crippen MR) is 66.1 cm³/mol. The number of para-hydroxylation sites is 2. The van der Waals surface area contributed by atoms with E-state index in [4.69, 9.17) is 4.74 Å². The van der Waals surface area contributed by atoms with Gasteiger partial charge in [0.2, 0.25) is 0 Å². The molecule has 0 spiro atoms. The van der Waals surface area contributed by atoms with E-state index >= 15 is 0 Å². The average molecular weight is 264 g/mol. The molecule has 0 aliphatic carbocycles.